The molecule has 5 rings (SSSR count). The minimum Gasteiger partial charge on any atom is -0.424 e. The van der Waals surface area contributed by atoms with Gasteiger partial charge in [0.15, 0.2) is 5.58 Å². The highest BCUT2D eigenvalue weighted by molar-refractivity contribution is 7.13. The Balaban J connectivity index is 1.34. The molecule has 0 unspecified atom stereocenters. The second kappa shape index (κ2) is 7.29. The summed E-state index contributed by atoms with van der Waals surface area (Å²) in [6.07, 6.45) is 0. The molecule has 0 atom stereocenters. The molecular formula is C23H17N3OS. The second-order valence-electron chi connectivity index (χ2n) is 6.44. The number of hydrogen-bond acceptors (Lipinski definition) is 5. The van der Waals surface area contributed by atoms with Gasteiger partial charge in [-0.05, 0) is 23.8 Å². The van der Waals surface area contributed by atoms with E-state index in [0.29, 0.717) is 12.6 Å². The highest BCUT2D eigenvalue weighted by Gasteiger charge is 2.08. The van der Waals surface area contributed by atoms with Gasteiger partial charge in [-0.2, -0.15) is 4.98 Å². The zero-order valence-corrected chi connectivity index (χ0v) is 15.8. The maximum atomic E-state index is 5.72. The number of hydrogen-bond donors (Lipinski definition) is 1. The van der Waals surface area contributed by atoms with Gasteiger partial charge in [-0.25, -0.2) is 4.98 Å². The Kier molecular flexibility index (Phi) is 4.35. The van der Waals surface area contributed by atoms with E-state index in [1.54, 1.807) is 11.3 Å². The molecule has 3 aromatic carbocycles. The maximum Gasteiger partial charge on any atom is 0.295 e. The van der Waals surface area contributed by atoms with E-state index in [0.717, 1.165) is 38.5 Å². The fourth-order valence-corrected chi connectivity index (χ4v) is 3.91. The Morgan fingerprint density at radius 2 is 1.64 bits per heavy atom. The van der Waals surface area contributed by atoms with Gasteiger partial charge in [0.1, 0.15) is 10.5 Å². The first-order valence-corrected chi connectivity index (χ1v) is 9.93. The number of fused-ring (bicyclic) bond motifs is 1. The van der Waals surface area contributed by atoms with Crippen molar-refractivity contribution in [1.29, 1.82) is 0 Å². The van der Waals surface area contributed by atoms with Gasteiger partial charge in [-0.1, -0.05) is 60.7 Å². The van der Waals surface area contributed by atoms with Gasteiger partial charge in [-0.15, -0.1) is 11.3 Å². The fourth-order valence-electron chi connectivity index (χ4n) is 3.09. The molecular weight excluding hydrogens is 366 g/mol. The van der Waals surface area contributed by atoms with Crippen molar-refractivity contribution in [3.63, 3.8) is 0 Å². The zero-order valence-electron chi connectivity index (χ0n) is 15.0. The minimum absolute atomic E-state index is 0.534. The monoisotopic (exact) mass is 383 g/mol. The SMILES string of the molecule is c1ccc(-c2csc(-c3cccc(CNc4nc5ccccc5o4)c3)n2)cc1. The summed E-state index contributed by atoms with van der Waals surface area (Å²) in [5.41, 5.74) is 6.06. The first-order chi connectivity index (χ1) is 13.8. The van der Waals surface area contributed by atoms with Gasteiger partial charge in [0.05, 0.1) is 5.69 Å². The highest BCUT2D eigenvalue weighted by Crippen LogP contribution is 2.29. The van der Waals surface area contributed by atoms with E-state index in [1.807, 2.05) is 42.5 Å². The zero-order chi connectivity index (χ0) is 18.8. The molecule has 0 fully saturated rings. The number of nitrogens with one attached hydrogen (secondary N) is 1. The van der Waals surface area contributed by atoms with Gasteiger partial charge in [0.25, 0.3) is 6.01 Å². The van der Waals surface area contributed by atoms with E-state index in [-0.39, 0.29) is 0 Å². The Hall–Kier alpha value is -3.44. The lowest BCUT2D eigenvalue weighted by Crippen LogP contribution is -1.99. The Labute approximate surface area is 166 Å². The van der Waals surface area contributed by atoms with E-state index in [9.17, 15) is 0 Å². The normalized spacial score (nSPS) is 11.0. The Morgan fingerprint density at radius 1 is 0.821 bits per heavy atom. The molecule has 0 aliphatic heterocycles. The van der Waals surface area contributed by atoms with Crippen LogP contribution in [0.2, 0.25) is 0 Å². The molecule has 28 heavy (non-hydrogen) atoms. The molecule has 0 bridgehead atoms. The molecule has 0 saturated carbocycles. The number of benzene rings is 3. The van der Waals surface area contributed by atoms with Crippen molar-refractivity contribution >= 4 is 28.5 Å². The maximum absolute atomic E-state index is 5.72. The third-order valence-electron chi connectivity index (χ3n) is 4.49. The summed E-state index contributed by atoms with van der Waals surface area (Å²) in [5, 5.41) is 6.39. The molecule has 0 amide bonds. The number of para-hydroxylation sites is 2. The summed E-state index contributed by atoms with van der Waals surface area (Å²) >= 11 is 1.66. The van der Waals surface area contributed by atoms with Crippen molar-refractivity contribution in [2.24, 2.45) is 0 Å². The Morgan fingerprint density at radius 3 is 2.54 bits per heavy atom. The van der Waals surface area contributed by atoms with E-state index >= 15 is 0 Å². The van der Waals surface area contributed by atoms with Crippen molar-refractivity contribution in [3.8, 4) is 21.8 Å². The van der Waals surface area contributed by atoms with Crippen molar-refractivity contribution in [1.82, 2.24) is 9.97 Å². The molecule has 1 N–H and O–H groups in total. The quantitative estimate of drug-likeness (QED) is 0.391. The van der Waals surface area contributed by atoms with E-state index < -0.39 is 0 Å². The average molecular weight is 383 g/mol. The molecule has 2 aromatic heterocycles. The van der Waals surface area contributed by atoms with Crippen LogP contribution in [0.25, 0.3) is 32.9 Å². The molecule has 0 aliphatic carbocycles. The largest absolute Gasteiger partial charge is 0.424 e. The molecule has 0 aliphatic rings. The van der Waals surface area contributed by atoms with Crippen LogP contribution in [0, 0.1) is 0 Å². The van der Waals surface area contributed by atoms with Crippen molar-refractivity contribution < 1.29 is 4.42 Å². The number of anilines is 1. The molecule has 5 aromatic rings. The summed E-state index contributed by atoms with van der Waals surface area (Å²) in [6.45, 7) is 0.636. The number of nitrogens with zero attached hydrogens (tertiary/aromatic N) is 2. The summed E-state index contributed by atoms with van der Waals surface area (Å²) in [7, 11) is 0. The molecule has 5 heteroatoms. The average Bonchev–Trinajstić information content (AvgIpc) is 3.40. The van der Waals surface area contributed by atoms with E-state index in [2.05, 4.69) is 52.1 Å². The van der Waals surface area contributed by atoms with Crippen LogP contribution in [-0.4, -0.2) is 9.97 Å². The highest BCUT2D eigenvalue weighted by atomic mass is 32.1. The smallest absolute Gasteiger partial charge is 0.295 e. The van der Waals surface area contributed by atoms with Crippen LogP contribution in [0.4, 0.5) is 6.01 Å². The number of thiazole rings is 1. The number of rotatable bonds is 5. The summed E-state index contributed by atoms with van der Waals surface area (Å²) in [6, 6.07) is 26.9. The third kappa shape index (κ3) is 3.40. The van der Waals surface area contributed by atoms with Crippen LogP contribution in [0.1, 0.15) is 5.56 Å². The lowest BCUT2D eigenvalue weighted by Gasteiger charge is -2.04. The summed E-state index contributed by atoms with van der Waals surface area (Å²) < 4.78 is 5.72. The van der Waals surface area contributed by atoms with Crippen LogP contribution in [0.15, 0.2) is 88.7 Å². The van der Waals surface area contributed by atoms with Gasteiger partial charge >= 0.3 is 0 Å². The molecule has 4 nitrogen and oxygen atoms in total. The summed E-state index contributed by atoms with van der Waals surface area (Å²) in [4.78, 5) is 9.26. The lowest BCUT2D eigenvalue weighted by molar-refractivity contribution is 0.614. The predicted molar refractivity (Wildman–Crippen MR) is 114 cm³/mol. The first kappa shape index (κ1) is 16.7. The molecule has 0 spiro atoms. The van der Waals surface area contributed by atoms with Gasteiger partial charge in [0.2, 0.25) is 0 Å². The van der Waals surface area contributed by atoms with Crippen molar-refractivity contribution in [3.05, 3.63) is 89.8 Å². The number of aromatic nitrogens is 2. The Bertz CT molecular complexity index is 1190. The van der Waals surface area contributed by atoms with E-state index in [1.165, 1.54) is 0 Å². The lowest BCUT2D eigenvalue weighted by atomic mass is 10.1. The van der Waals surface area contributed by atoms with Crippen LogP contribution in [0.5, 0.6) is 0 Å². The molecule has 0 saturated heterocycles. The molecule has 2 heterocycles. The topological polar surface area (TPSA) is 51.0 Å². The van der Waals surface area contributed by atoms with Crippen LogP contribution < -0.4 is 5.32 Å². The first-order valence-electron chi connectivity index (χ1n) is 9.05. The second-order valence-corrected chi connectivity index (χ2v) is 7.30. The fraction of sp³-hybridized carbons (Fsp3) is 0.0435. The standard InChI is InChI=1S/C23H17N3OS/c1-2-8-17(9-3-1)20-15-28-22(25-20)18-10-6-7-16(13-18)14-24-23-26-19-11-4-5-12-21(19)27-23/h1-13,15H,14H2,(H,24,26). The van der Waals surface area contributed by atoms with Crippen LogP contribution >= 0.6 is 11.3 Å². The predicted octanol–water partition coefficient (Wildman–Crippen LogP) is 6.23. The van der Waals surface area contributed by atoms with Crippen molar-refractivity contribution in [2.75, 3.05) is 5.32 Å². The van der Waals surface area contributed by atoms with Crippen molar-refractivity contribution in [2.45, 2.75) is 6.54 Å². The molecule has 136 valence electrons. The van der Waals surface area contributed by atoms with Gasteiger partial charge in [-0.3, -0.25) is 0 Å². The van der Waals surface area contributed by atoms with Crippen LogP contribution in [0.3, 0.4) is 0 Å². The van der Waals surface area contributed by atoms with E-state index in [4.69, 9.17) is 9.40 Å². The third-order valence-corrected chi connectivity index (χ3v) is 5.38. The van der Waals surface area contributed by atoms with Crippen LogP contribution in [-0.2, 0) is 6.54 Å². The van der Waals surface area contributed by atoms with Gasteiger partial charge < -0.3 is 9.73 Å². The molecule has 0 radical (unpaired) electrons. The number of oxazole rings is 1. The minimum atomic E-state index is 0.534. The van der Waals surface area contributed by atoms with Gasteiger partial charge in [0, 0.05) is 23.1 Å². The summed E-state index contributed by atoms with van der Waals surface area (Å²) in [5.74, 6) is 0.